The zero-order chi connectivity index (χ0) is 17.4. The van der Waals surface area contributed by atoms with Crippen molar-refractivity contribution >= 4 is 29.0 Å². The van der Waals surface area contributed by atoms with E-state index in [1.807, 2.05) is 29.6 Å². The van der Waals surface area contributed by atoms with Gasteiger partial charge in [-0.15, -0.1) is 11.3 Å². The summed E-state index contributed by atoms with van der Waals surface area (Å²) >= 11 is 7.51. The maximum atomic E-state index is 11.6. The van der Waals surface area contributed by atoms with E-state index in [1.165, 1.54) is 0 Å². The van der Waals surface area contributed by atoms with Crippen LogP contribution in [0.2, 0.25) is 5.02 Å². The smallest absolute Gasteiger partial charge is 0.407 e. The van der Waals surface area contributed by atoms with Crippen molar-refractivity contribution in [1.29, 1.82) is 0 Å². The minimum Gasteiger partial charge on any atom is -0.490 e. The van der Waals surface area contributed by atoms with Crippen molar-refractivity contribution in [2.24, 2.45) is 11.8 Å². The lowest BCUT2D eigenvalue weighted by atomic mass is 9.92. The molecule has 2 aromatic rings. The number of aromatic nitrogens is 1. The van der Waals surface area contributed by atoms with Crippen LogP contribution < -0.4 is 4.74 Å². The molecule has 0 bridgehead atoms. The maximum Gasteiger partial charge on any atom is 0.407 e. The third kappa shape index (κ3) is 3.46. The zero-order valence-electron chi connectivity index (χ0n) is 13.5. The molecule has 1 saturated heterocycles. The van der Waals surface area contributed by atoms with Crippen molar-refractivity contribution in [2.45, 2.75) is 31.4 Å². The number of rotatable bonds is 4. The van der Waals surface area contributed by atoms with Gasteiger partial charge in [-0.2, -0.15) is 0 Å². The van der Waals surface area contributed by atoms with Crippen LogP contribution in [-0.4, -0.2) is 39.8 Å². The van der Waals surface area contributed by atoms with Gasteiger partial charge in [-0.05, 0) is 48.9 Å². The van der Waals surface area contributed by atoms with E-state index in [0.29, 0.717) is 29.8 Å². The van der Waals surface area contributed by atoms with Crippen LogP contribution >= 0.6 is 22.9 Å². The molecule has 1 aliphatic carbocycles. The van der Waals surface area contributed by atoms with Gasteiger partial charge in [-0.3, -0.25) is 0 Å². The van der Waals surface area contributed by atoms with Gasteiger partial charge in [0.25, 0.3) is 0 Å². The molecule has 1 aromatic heterocycles. The lowest BCUT2D eigenvalue weighted by Crippen LogP contribution is -2.39. The summed E-state index contributed by atoms with van der Waals surface area (Å²) in [4.78, 5) is 17.6. The summed E-state index contributed by atoms with van der Waals surface area (Å²) in [5, 5.41) is 13.2. The van der Waals surface area contributed by atoms with Crippen LogP contribution in [-0.2, 0) is 6.42 Å². The number of ether oxygens (including phenoxy) is 1. The third-order valence-corrected chi connectivity index (χ3v) is 6.32. The van der Waals surface area contributed by atoms with Gasteiger partial charge in [-0.25, -0.2) is 9.78 Å². The van der Waals surface area contributed by atoms with Crippen molar-refractivity contribution in [3.63, 3.8) is 0 Å². The molecule has 1 N–H and O–H groups in total. The monoisotopic (exact) mass is 378 g/mol. The van der Waals surface area contributed by atoms with Gasteiger partial charge in [-0.1, -0.05) is 11.6 Å². The lowest BCUT2D eigenvalue weighted by Gasteiger charge is -2.26. The van der Waals surface area contributed by atoms with Crippen molar-refractivity contribution in [1.82, 2.24) is 9.88 Å². The highest BCUT2D eigenvalue weighted by Crippen LogP contribution is 2.44. The van der Waals surface area contributed by atoms with Crippen molar-refractivity contribution in [3.05, 3.63) is 45.9 Å². The molecule has 5 nitrogen and oxygen atoms in total. The summed E-state index contributed by atoms with van der Waals surface area (Å²) in [5.74, 6) is 1.51. The maximum absolute atomic E-state index is 11.6. The van der Waals surface area contributed by atoms with Gasteiger partial charge in [0.2, 0.25) is 0 Å². The Morgan fingerprint density at radius 2 is 2.16 bits per heavy atom. The summed E-state index contributed by atoms with van der Waals surface area (Å²) in [6.07, 6.45) is 3.55. The number of nitrogens with zero attached hydrogens (tertiary/aromatic N) is 2. The van der Waals surface area contributed by atoms with Gasteiger partial charge in [0, 0.05) is 35.6 Å². The third-order valence-electron chi connectivity index (χ3n) is 5.26. The number of hydrogen-bond donors (Lipinski definition) is 1. The first-order valence-electron chi connectivity index (χ1n) is 8.40. The summed E-state index contributed by atoms with van der Waals surface area (Å²) in [6.45, 7) is 0.594. The first kappa shape index (κ1) is 16.7. The molecule has 7 heteroatoms. The Balaban J connectivity index is 1.46. The Morgan fingerprint density at radius 3 is 2.84 bits per heavy atom. The Morgan fingerprint density at radius 1 is 1.36 bits per heavy atom. The van der Waals surface area contributed by atoms with E-state index in [0.717, 1.165) is 23.6 Å². The lowest BCUT2D eigenvalue weighted by molar-refractivity contribution is 0.123. The minimum absolute atomic E-state index is 0.00697. The second kappa shape index (κ2) is 6.84. The molecule has 25 heavy (non-hydrogen) atoms. The number of fused-ring (bicyclic) bond motifs is 1. The van der Waals surface area contributed by atoms with Gasteiger partial charge in [0.15, 0.2) is 0 Å². The summed E-state index contributed by atoms with van der Waals surface area (Å²) in [6, 6.07) is 7.40. The number of thiazole rings is 1. The molecule has 4 atom stereocenters. The molecule has 0 radical (unpaired) electrons. The molecule has 1 amide bonds. The molecule has 1 aliphatic heterocycles. The van der Waals surface area contributed by atoms with Crippen LogP contribution in [0.15, 0.2) is 35.8 Å². The van der Waals surface area contributed by atoms with E-state index < -0.39 is 6.09 Å². The molecule has 0 spiro atoms. The number of carbonyl (C=O) groups is 1. The molecule has 1 saturated carbocycles. The van der Waals surface area contributed by atoms with Crippen LogP contribution in [0.1, 0.15) is 17.8 Å². The molecule has 1 aromatic carbocycles. The van der Waals surface area contributed by atoms with Crippen LogP contribution in [0.5, 0.6) is 5.75 Å². The predicted octanol–water partition coefficient (Wildman–Crippen LogP) is 4.18. The SMILES string of the molecule is O=C(O)N1C[C@@H]2C[C@H](Oc3ccc(Cl)cc3)C[C@@H]2C1Cc1nccs1. The minimum atomic E-state index is -0.828. The molecule has 4 rings (SSSR count). The quantitative estimate of drug-likeness (QED) is 0.867. The average Bonchev–Trinajstić information content (AvgIpc) is 3.28. The van der Waals surface area contributed by atoms with E-state index in [9.17, 15) is 9.90 Å². The van der Waals surface area contributed by atoms with Crippen LogP contribution in [0.4, 0.5) is 4.79 Å². The Hall–Kier alpha value is -1.79. The number of benzene rings is 1. The van der Waals surface area contributed by atoms with Gasteiger partial charge in [0.1, 0.15) is 5.75 Å². The van der Waals surface area contributed by atoms with E-state index in [1.54, 1.807) is 22.4 Å². The van der Waals surface area contributed by atoms with E-state index in [4.69, 9.17) is 16.3 Å². The molecular weight excluding hydrogens is 360 g/mol. The fourth-order valence-corrected chi connectivity index (χ4v) is 5.01. The Bertz CT molecular complexity index is 737. The average molecular weight is 379 g/mol. The highest BCUT2D eigenvalue weighted by Gasteiger charge is 2.49. The van der Waals surface area contributed by atoms with E-state index in [-0.39, 0.29) is 12.1 Å². The van der Waals surface area contributed by atoms with Crippen LogP contribution in [0.3, 0.4) is 0 Å². The Labute approximate surface area is 155 Å². The zero-order valence-corrected chi connectivity index (χ0v) is 15.1. The van der Waals surface area contributed by atoms with Crippen molar-refractivity contribution in [2.75, 3.05) is 6.54 Å². The van der Waals surface area contributed by atoms with Crippen molar-refractivity contribution in [3.8, 4) is 5.75 Å². The highest BCUT2D eigenvalue weighted by molar-refractivity contribution is 7.09. The highest BCUT2D eigenvalue weighted by atomic mass is 35.5. The molecule has 2 fully saturated rings. The van der Waals surface area contributed by atoms with Crippen LogP contribution in [0.25, 0.3) is 0 Å². The topological polar surface area (TPSA) is 62.7 Å². The fraction of sp³-hybridized carbons (Fsp3) is 0.444. The van der Waals surface area contributed by atoms with E-state index in [2.05, 4.69) is 4.98 Å². The molecule has 2 heterocycles. The number of halogens is 1. The van der Waals surface area contributed by atoms with E-state index >= 15 is 0 Å². The number of hydrogen-bond acceptors (Lipinski definition) is 4. The molecular formula is C18H19ClN2O3S. The summed E-state index contributed by atoms with van der Waals surface area (Å²) in [7, 11) is 0. The second-order valence-electron chi connectivity index (χ2n) is 6.72. The Kier molecular flexibility index (Phi) is 4.56. The summed E-state index contributed by atoms with van der Waals surface area (Å²) in [5.41, 5.74) is 0. The normalized spacial score (nSPS) is 28.1. The number of likely N-dealkylation sites (tertiary alicyclic amines) is 1. The fourth-order valence-electron chi connectivity index (χ4n) is 4.22. The largest absolute Gasteiger partial charge is 0.490 e. The predicted molar refractivity (Wildman–Crippen MR) is 96.4 cm³/mol. The number of amides is 1. The molecule has 2 aliphatic rings. The number of carboxylic acid groups (broad SMARTS) is 1. The second-order valence-corrected chi connectivity index (χ2v) is 8.14. The van der Waals surface area contributed by atoms with Crippen LogP contribution in [0, 0.1) is 11.8 Å². The van der Waals surface area contributed by atoms with Gasteiger partial charge in [0.05, 0.1) is 11.1 Å². The first-order valence-corrected chi connectivity index (χ1v) is 9.66. The van der Waals surface area contributed by atoms with Crippen molar-refractivity contribution < 1.29 is 14.6 Å². The molecule has 132 valence electrons. The first-order chi connectivity index (χ1) is 12.1. The van der Waals surface area contributed by atoms with Gasteiger partial charge >= 0.3 is 6.09 Å². The molecule has 1 unspecified atom stereocenters. The van der Waals surface area contributed by atoms with Gasteiger partial charge < -0.3 is 14.7 Å². The summed E-state index contributed by atoms with van der Waals surface area (Å²) < 4.78 is 6.11. The standard InChI is InChI=1S/C18H19ClN2O3S/c19-12-1-3-13(4-2-12)24-14-7-11-10-21(18(22)23)16(15(11)8-14)9-17-20-5-6-25-17/h1-6,11,14-16H,7-10H2,(H,22,23)/t11-,14-,15-,16?/m0/s1.